The van der Waals surface area contributed by atoms with Crippen molar-refractivity contribution in [2.24, 2.45) is 0 Å². The quantitative estimate of drug-likeness (QED) is 0.661. The van der Waals surface area contributed by atoms with Crippen molar-refractivity contribution in [3.05, 3.63) is 53.8 Å². The Morgan fingerprint density at radius 3 is 2.44 bits per heavy atom. The topological polar surface area (TPSA) is 82.2 Å². The van der Waals surface area contributed by atoms with Crippen molar-refractivity contribution in [1.29, 1.82) is 0 Å². The first-order chi connectivity index (χ1) is 15.4. The Hall–Kier alpha value is -2.85. The number of anilines is 3. The molecule has 2 fully saturated rings. The van der Waals surface area contributed by atoms with Crippen LogP contribution in [0.5, 0.6) is 0 Å². The lowest BCUT2D eigenvalue weighted by Gasteiger charge is -2.37. The number of benzene rings is 2. The summed E-state index contributed by atoms with van der Waals surface area (Å²) in [5.41, 5.74) is 2.72. The number of hydrogen-bond acceptors (Lipinski definition) is 6. The minimum Gasteiger partial charge on any atom is -0.466 e. The molecule has 2 aromatic carbocycles. The molecule has 2 heterocycles. The lowest BCUT2D eigenvalue weighted by molar-refractivity contribution is -0.142. The van der Waals surface area contributed by atoms with Gasteiger partial charge in [-0.05, 0) is 36.8 Å². The Labute approximate surface area is 187 Å². The molecule has 0 aliphatic carbocycles. The molecule has 0 atom stereocenters. The van der Waals surface area contributed by atoms with Crippen LogP contribution in [-0.2, 0) is 26.2 Å². The van der Waals surface area contributed by atoms with Crippen molar-refractivity contribution >= 4 is 33.2 Å². The van der Waals surface area contributed by atoms with Crippen molar-refractivity contribution in [2.75, 3.05) is 60.0 Å². The fourth-order valence-electron chi connectivity index (χ4n) is 4.10. The Kier molecular flexibility index (Phi) is 6.52. The van der Waals surface area contributed by atoms with Gasteiger partial charge in [-0.3, -0.25) is 9.10 Å². The van der Waals surface area contributed by atoms with Crippen LogP contribution < -0.4 is 18.8 Å². The molecule has 2 aromatic rings. The van der Waals surface area contributed by atoms with E-state index in [9.17, 15) is 17.6 Å². The highest BCUT2D eigenvalue weighted by molar-refractivity contribution is 7.91. The number of piperazine rings is 1. The third kappa shape index (κ3) is 4.81. The van der Waals surface area contributed by atoms with E-state index >= 15 is 0 Å². The largest absolute Gasteiger partial charge is 0.466 e. The van der Waals surface area contributed by atoms with Gasteiger partial charge in [0.05, 0.1) is 24.4 Å². The van der Waals surface area contributed by atoms with Gasteiger partial charge in [0.2, 0.25) is 0 Å². The number of hydrogen-bond donors (Lipinski definition) is 1. The van der Waals surface area contributed by atoms with E-state index in [0.717, 1.165) is 11.3 Å². The first-order valence-corrected chi connectivity index (χ1v) is 12.1. The fraction of sp³-hybridized carbons (Fsp3) is 0.409. The third-order valence-corrected chi connectivity index (χ3v) is 7.20. The first-order valence-electron chi connectivity index (χ1n) is 10.7. The SMILES string of the molecule is CCOC(=O)Cc1cccc(N2CCN(c3ccc(N4CCNS4(=O)=O)cc3F)CC2)c1. The van der Waals surface area contributed by atoms with Crippen LogP contribution in [0.3, 0.4) is 0 Å². The monoisotopic (exact) mass is 462 g/mol. The molecule has 0 radical (unpaired) electrons. The molecule has 0 bridgehead atoms. The lowest BCUT2D eigenvalue weighted by atomic mass is 10.1. The Morgan fingerprint density at radius 2 is 1.78 bits per heavy atom. The summed E-state index contributed by atoms with van der Waals surface area (Å²) in [6, 6.07) is 12.4. The van der Waals surface area contributed by atoms with Crippen LogP contribution in [0.4, 0.5) is 21.5 Å². The van der Waals surface area contributed by atoms with Crippen LogP contribution >= 0.6 is 0 Å². The summed E-state index contributed by atoms with van der Waals surface area (Å²) in [6.07, 6.45) is 0.238. The molecule has 0 saturated carbocycles. The van der Waals surface area contributed by atoms with E-state index in [4.69, 9.17) is 4.74 Å². The van der Waals surface area contributed by atoms with Crippen LogP contribution in [0.15, 0.2) is 42.5 Å². The minimum atomic E-state index is -3.58. The molecule has 0 unspecified atom stereocenters. The smallest absolute Gasteiger partial charge is 0.310 e. The number of esters is 1. The molecule has 1 N–H and O–H groups in total. The molecule has 2 aliphatic heterocycles. The average Bonchev–Trinajstić information content (AvgIpc) is 3.13. The second kappa shape index (κ2) is 9.33. The van der Waals surface area contributed by atoms with Crippen LogP contribution in [0, 0.1) is 5.82 Å². The number of ether oxygens (including phenoxy) is 1. The Morgan fingerprint density at radius 1 is 1.03 bits per heavy atom. The van der Waals surface area contributed by atoms with Crippen LogP contribution in [0.2, 0.25) is 0 Å². The van der Waals surface area contributed by atoms with E-state index in [1.165, 1.54) is 10.4 Å². The molecule has 172 valence electrons. The van der Waals surface area contributed by atoms with E-state index in [1.54, 1.807) is 19.1 Å². The summed E-state index contributed by atoms with van der Waals surface area (Å²) in [5, 5.41) is 0. The van der Waals surface area contributed by atoms with Gasteiger partial charge in [-0.15, -0.1) is 0 Å². The summed E-state index contributed by atoms with van der Waals surface area (Å²) in [5.74, 6) is -0.680. The second-order valence-corrected chi connectivity index (χ2v) is 9.41. The predicted molar refractivity (Wildman–Crippen MR) is 122 cm³/mol. The van der Waals surface area contributed by atoms with Crippen molar-refractivity contribution < 1.29 is 22.3 Å². The number of carbonyl (C=O) groups is 1. The summed E-state index contributed by atoms with van der Waals surface area (Å²) in [4.78, 5) is 15.9. The first kappa shape index (κ1) is 22.3. The zero-order chi connectivity index (χ0) is 22.7. The minimum absolute atomic E-state index is 0.238. The molecule has 32 heavy (non-hydrogen) atoms. The van der Waals surface area contributed by atoms with Gasteiger partial charge >= 0.3 is 16.2 Å². The van der Waals surface area contributed by atoms with E-state index in [2.05, 4.69) is 9.62 Å². The molecular formula is C22H27FN4O4S. The normalized spacial score (nSPS) is 18.1. The van der Waals surface area contributed by atoms with Gasteiger partial charge < -0.3 is 14.5 Å². The molecule has 0 spiro atoms. The van der Waals surface area contributed by atoms with Gasteiger partial charge in [-0.25, -0.2) is 4.39 Å². The van der Waals surface area contributed by atoms with Gasteiger partial charge in [0.25, 0.3) is 0 Å². The van der Waals surface area contributed by atoms with E-state index in [-0.39, 0.29) is 18.9 Å². The number of carbonyl (C=O) groups excluding carboxylic acids is 1. The maximum atomic E-state index is 14.9. The van der Waals surface area contributed by atoms with Crippen molar-refractivity contribution in [3.63, 3.8) is 0 Å². The summed E-state index contributed by atoms with van der Waals surface area (Å²) in [7, 11) is -3.58. The fourth-order valence-corrected chi connectivity index (χ4v) is 5.32. The van der Waals surface area contributed by atoms with E-state index in [1.807, 2.05) is 29.2 Å². The van der Waals surface area contributed by atoms with Crippen molar-refractivity contribution in [1.82, 2.24) is 4.72 Å². The van der Waals surface area contributed by atoms with Crippen LogP contribution in [-0.4, -0.2) is 60.3 Å². The highest BCUT2D eigenvalue weighted by Gasteiger charge is 2.29. The van der Waals surface area contributed by atoms with Crippen molar-refractivity contribution in [3.8, 4) is 0 Å². The molecule has 8 nitrogen and oxygen atoms in total. The van der Waals surface area contributed by atoms with E-state index < -0.39 is 16.0 Å². The molecule has 4 rings (SSSR count). The molecule has 2 saturated heterocycles. The zero-order valence-corrected chi connectivity index (χ0v) is 18.8. The number of nitrogens with one attached hydrogen (secondary N) is 1. The number of nitrogens with zero attached hydrogens (tertiary/aromatic N) is 3. The summed E-state index contributed by atoms with van der Waals surface area (Å²) >= 11 is 0. The highest BCUT2D eigenvalue weighted by Crippen LogP contribution is 2.29. The molecule has 10 heteroatoms. The van der Waals surface area contributed by atoms with Crippen molar-refractivity contribution in [2.45, 2.75) is 13.3 Å². The van der Waals surface area contributed by atoms with E-state index in [0.29, 0.717) is 50.7 Å². The van der Waals surface area contributed by atoms with Crippen LogP contribution in [0.25, 0.3) is 0 Å². The number of halogens is 1. The van der Waals surface area contributed by atoms with Gasteiger partial charge in [0.15, 0.2) is 0 Å². The Bertz CT molecular complexity index is 1090. The zero-order valence-electron chi connectivity index (χ0n) is 18.0. The highest BCUT2D eigenvalue weighted by atomic mass is 32.2. The predicted octanol–water partition coefficient (Wildman–Crippen LogP) is 1.91. The molecular weight excluding hydrogens is 435 g/mol. The second-order valence-electron chi connectivity index (χ2n) is 7.73. The average molecular weight is 463 g/mol. The standard InChI is InChI=1S/C22H27FN4O4S/c1-2-31-22(28)15-17-4-3-5-18(14-17)25-10-12-26(13-11-25)21-7-6-19(16-20(21)23)27-9-8-24-32(27,29)30/h3-7,14,16,24H,2,8-13,15H2,1H3. The summed E-state index contributed by atoms with van der Waals surface area (Å²) < 4.78 is 47.5. The number of rotatable bonds is 6. The molecule has 0 amide bonds. The lowest BCUT2D eigenvalue weighted by Crippen LogP contribution is -2.46. The Balaban J connectivity index is 1.40. The maximum Gasteiger partial charge on any atom is 0.310 e. The van der Waals surface area contributed by atoms with Gasteiger partial charge in [0, 0.05) is 51.0 Å². The van der Waals surface area contributed by atoms with Gasteiger partial charge in [0.1, 0.15) is 5.82 Å². The van der Waals surface area contributed by atoms with Gasteiger partial charge in [-0.2, -0.15) is 13.1 Å². The van der Waals surface area contributed by atoms with Crippen LogP contribution in [0.1, 0.15) is 12.5 Å². The maximum absolute atomic E-state index is 14.9. The summed E-state index contributed by atoms with van der Waals surface area (Å²) in [6.45, 7) is 5.41. The molecule has 0 aromatic heterocycles. The third-order valence-electron chi connectivity index (χ3n) is 5.66. The van der Waals surface area contributed by atoms with Gasteiger partial charge in [-0.1, -0.05) is 12.1 Å². The molecule has 2 aliphatic rings.